The molecule has 0 aliphatic carbocycles. The Bertz CT molecular complexity index is 1380. The number of carbonyl (C=O) groups excluding carboxylic acids is 2. The summed E-state index contributed by atoms with van der Waals surface area (Å²) in [7, 11) is 1.23. The number of benzene rings is 1. The molecule has 208 valence electrons. The van der Waals surface area contributed by atoms with Crippen molar-refractivity contribution in [3.05, 3.63) is 87.6 Å². The monoisotopic (exact) mass is 543 g/mol. The molecule has 39 heavy (non-hydrogen) atoms. The number of esters is 1. The lowest BCUT2D eigenvalue weighted by molar-refractivity contribution is -0.141. The van der Waals surface area contributed by atoms with Gasteiger partial charge in [0.05, 0.1) is 25.1 Å². The smallest absolute Gasteiger partial charge is 0.416 e. The second kappa shape index (κ2) is 12.3. The number of aryl methyl sites for hydroxylation is 2. The van der Waals surface area contributed by atoms with Crippen LogP contribution in [0.3, 0.4) is 0 Å². The highest BCUT2D eigenvalue weighted by Gasteiger charge is 2.33. The molecule has 0 aliphatic rings. The Hall–Kier alpha value is -3.95. The maximum Gasteiger partial charge on any atom is 0.416 e. The van der Waals surface area contributed by atoms with Crippen molar-refractivity contribution in [2.24, 2.45) is 5.92 Å². The minimum absolute atomic E-state index is 0.0666. The molecule has 0 unspecified atom stereocenters. The topological polar surface area (TPSA) is 90.3 Å². The van der Waals surface area contributed by atoms with Gasteiger partial charge in [0.25, 0.3) is 5.56 Å². The molecule has 0 saturated heterocycles. The summed E-state index contributed by atoms with van der Waals surface area (Å²) in [6.07, 6.45) is -0.505. The van der Waals surface area contributed by atoms with E-state index in [-0.39, 0.29) is 18.8 Å². The molecule has 2 aromatic heterocycles. The normalized spacial score (nSPS) is 13.2. The molecular weight excluding hydrogens is 511 g/mol. The van der Waals surface area contributed by atoms with Crippen LogP contribution in [0.1, 0.15) is 61.0 Å². The summed E-state index contributed by atoms with van der Waals surface area (Å²) in [5.41, 5.74) is 2.33. The number of nitrogens with zero attached hydrogens (tertiary/aromatic N) is 2. The van der Waals surface area contributed by atoms with E-state index in [0.29, 0.717) is 11.6 Å². The maximum absolute atomic E-state index is 13.6. The van der Waals surface area contributed by atoms with Gasteiger partial charge in [0.15, 0.2) is 0 Å². The van der Waals surface area contributed by atoms with E-state index < -0.39 is 41.3 Å². The zero-order valence-electron chi connectivity index (χ0n) is 22.5. The lowest BCUT2D eigenvalue weighted by atomic mass is 9.94. The third kappa shape index (κ3) is 7.34. The van der Waals surface area contributed by atoms with Crippen molar-refractivity contribution in [1.82, 2.24) is 14.9 Å². The summed E-state index contributed by atoms with van der Waals surface area (Å²) >= 11 is 0. The number of amides is 1. The SMILES string of the molecule is COC(=O)C[C@H](NC(=O)[C@H](CC(C)C)n1ccc(C(F)(F)F)cc1=O)c1cncc(-c2c(C)cccc2C)c1. The van der Waals surface area contributed by atoms with Gasteiger partial charge in [-0.15, -0.1) is 0 Å². The van der Waals surface area contributed by atoms with Crippen molar-refractivity contribution in [1.29, 1.82) is 0 Å². The third-order valence-electron chi connectivity index (χ3n) is 6.46. The second-order valence-corrected chi connectivity index (χ2v) is 9.92. The fourth-order valence-electron chi connectivity index (χ4n) is 4.54. The average molecular weight is 544 g/mol. The number of aromatic nitrogens is 2. The summed E-state index contributed by atoms with van der Waals surface area (Å²) in [5.74, 6) is -1.26. The first-order chi connectivity index (χ1) is 18.3. The Morgan fingerprint density at radius 1 is 1.08 bits per heavy atom. The van der Waals surface area contributed by atoms with E-state index >= 15 is 0 Å². The predicted octanol–water partition coefficient (Wildman–Crippen LogP) is 5.55. The summed E-state index contributed by atoms with van der Waals surface area (Å²) < 4.78 is 45.2. The lowest BCUT2D eigenvalue weighted by Crippen LogP contribution is -2.40. The van der Waals surface area contributed by atoms with E-state index in [4.69, 9.17) is 4.74 Å². The highest BCUT2D eigenvalue weighted by Crippen LogP contribution is 2.31. The number of halogens is 3. The van der Waals surface area contributed by atoms with Crippen LogP contribution in [-0.2, 0) is 20.5 Å². The first kappa shape index (κ1) is 29.6. The van der Waals surface area contributed by atoms with E-state index in [1.54, 1.807) is 6.20 Å². The van der Waals surface area contributed by atoms with Crippen molar-refractivity contribution >= 4 is 11.9 Å². The van der Waals surface area contributed by atoms with E-state index in [1.165, 1.54) is 13.3 Å². The Kier molecular flexibility index (Phi) is 9.32. The van der Waals surface area contributed by atoms with E-state index in [0.717, 1.165) is 39.1 Å². The number of ether oxygens (including phenoxy) is 1. The standard InChI is InChI=1S/C29H32F3N3O4/c1-17(2)11-24(35-10-9-22(13-25(35)36)29(30,31)32)28(38)34-23(14-26(37)39-5)20-12-21(16-33-15-20)27-18(3)7-6-8-19(27)4/h6-10,12-13,15-17,23-24H,11,14H2,1-5H3,(H,34,38)/t23-,24-/m0/s1. The first-order valence-electron chi connectivity index (χ1n) is 12.5. The van der Waals surface area contributed by atoms with Gasteiger partial charge in [-0.05, 0) is 60.6 Å². The maximum atomic E-state index is 13.6. The fourth-order valence-corrected chi connectivity index (χ4v) is 4.54. The van der Waals surface area contributed by atoms with Crippen LogP contribution in [0.4, 0.5) is 13.2 Å². The molecule has 0 spiro atoms. The van der Waals surface area contributed by atoms with Crippen LogP contribution in [0.15, 0.2) is 59.8 Å². The van der Waals surface area contributed by atoms with Gasteiger partial charge >= 0.3 is 12.1 Å². The van der Waals surface area contributed by atoms with Crippen molar-refractivity contribution in [3.8, 4) is 11.1 Å². The molecule has 0 bridgehead atoms. The number of hydrogen-bond acceptors (Lipinski definition) is 5. The zero-order valence-corrected chi connectivity index (χ0v) is 22.5. The van der Waals surface area contributed by atoms with E-state index in [9.17, 15) is 27.6 Å². The number of methoxy groups -OCH3 is 1. The fraction of sp³-hybridized carbons (Fsp3) is 0.379. The van der Waals surface area contributed by atoms with Crippen LogP contribution in [0.5, 0.6) is 0 Å². The van der Waals surface area contributed by atoms with Gasteiger partial charge in [-0.1, -0.05) is 32.0 Å². The van der Waals surface area contributed by atoms with Crippen molar-refractivity contribution < 1.29 is 27.5 Å². The summed E-state index contributed by atoms with van der Waals surface area (Å²) in [5, 5.41) is 2.82. The van der Waals surface area contributed by atoms with Crippen LogP contribution < -0.4 is 10.9 Å². The first-order valence-corrected chi connectivity index (χ1v) is 12.5. The van der Waals surface area contributed by atoms with Gasteiger partial charge in [0, 0.05) is 30.2 Å². The van der Waals surface area contributed by atoms with Gasteiger partial charge in [-0.25, -0.2) is 0 Å². The molecule has 3 rings (SSSR count). The number of nitrogens with one attached hydrogen (secondary N) is 1. The predicted molar refractivity (Wildman–Crippen MR) is 141 cm³/mol. The van der Waals surface area contributed by atoms with E-state index in [2.05, 4.69) is 10.3 Å². The van der Waals surface area contributed by atoms with Crippen LogP contribution in [-0.4, -0.2) is 28.5 Å². The second-order valence-electron chi connectivity index (χ2n) is 9.92. The summed E-state index contributed by atoms with van der Waals surface area (Å²) in [6.45, 7) is 7.61. The molecular formula is C29H32F3N3O4. The molecule has 0 aliphatic heterocycles. The molecule has 1 aromatic carbocycles. The highest BCUT2D eigenvalue weighted by molar-refractivity contribution is 5.82. The molecule has 0 fully saturated rings. The molecule has 7 nitrogen and oxygen atoms in total. The lowest BCUT2D eigenvalue weighted by Gasteiger charge is -2.25. The molecule has 2 atom stereocenters. The molecule has 10 heteroatoms. The van der Waals surface area contributed by atoms with Crippen molar-refractivity contribution in [3.63, 3.8) is 0 Å². The van der Waals surface area contributed by atoms with Gasteiger partial charge in [0.2, 0.25) is 5.91 Å². The molecule has 1 N–H and O–H groups in total. The number of alkyl halides is 3. The number of hydrogen-bond donors (Lipinski definition) is 1. The molecule has 1 amide bonds. The average Bonchev–Trinajstić information content (AvgIpc) is 2.86. The van der Waals surface area contributed by atoms with Crippen LogP contribution >= 0.6 is 0 Å². The third-order valence-corrected chi connectivity index (χ3v) is 6.46. The van der Waals surface area contributed by atoms with Gasteiger partial charge < -0.3 is 14.6 Å². The van der Waals surface area contributed by atoms with Crippen LogP contribution in [0, 0.1) is 19.8 Å². The number of pyridine rings is 2. The van der Waals surface area contributed by atoms with Gasteiger partial charge in [-0.3, -0.25) is 19.4 Å². The quantitative estimate of drug-likeness (QED) is 0.357. The Morgan fingerprint density at radius 2 is 1.74 bits per heavy atom. The molecule has 2 heterocycles. The molecule has 0 radical (unpaired) electrons. The van der Waals surface area contributed by atoms with Crippen molar-refractivity contribution in [2.45, 2.75) is 58.8 Å². The molecule has 0 saturated carbocycles. The largest absolute Gasteiger partial charge is 0.469 e. The summed E-state index contributed by atoms with van der Waals surface area (Å²) in [6, 6.07) is 7.01. The Labute approximate surface area is 225 Å². The number of carbonyl (C=O) groups is 2. The van der Waals surface area contributed by atoms with Crippen molar-refractivity contribution in [2.75, 3.05) is 7.11 Å². The van der Waals surface area contributed by atoms with Crippen LogP contribution in [0.25, 0.3) is 11.1 Å². The minimum Gasteiger partial charge on any atom is -0.469 e. The molecule has 3 aromatic rings. The van der Waals surface area contributed by atoms with Gasteiger partial charge in [-0.2, -0.15) is 13.2 Å². The van der Waals surface area contributed by atoms with Crippen LogP contribution in [0.2, 0.25) is 0 Å². The zero-order chi connectivity index (χ0) is 28.9. The highest BCUT2D eigenvalue weighted by atomic mass is 19.4. The van der Waals surface area contributed by atoms with Gasteiger partial charge in [0.1, 0.15) is 6.04 Å². The minimum atomic E-state index is -4.69. The van der Waals surface area contributed by atoms with E-state index in [1.807, 2.05) is 52.0 Å². The number of rotatable bonds is 9. The Morgan fingerprint density at radius 3 is 2.31 bits per heavy atom. The summed E-state index contributed by atoms with van der Waals surface area (Å²) in [4.78, 5) is 42.8. The Balaban J connectivity index is 2.01.